The second-order valence-corrected chi connectivity index (χ2v) is 7.63. The van der Waals surface area contributed by atoms with Gasteiger partial charge in [-0.15, -0.1) is 24.0 Å². The van der Waals surface area contributed by atoms with Crippen molar-refractivity contribution in [2.75, 3.05) is 19.6 Å². The van der Waals surface area contributed by atoms with E-state index in [-0.39, 0.29) is 47.6 Å². The van der Waals surface area contributed by atoms with Crippen LogP contribution in [0, 0.1) is 5.82 Å². The average molecular weight is 554 g/mol. The van der Waals surface area contributed by atoms with E-state index in [9.17, 15) is 9.18 Å². The van der Waals surface area contributed by atoms with Gasteiger partial charge in [0.15, 0.2) is 17.5 Å². The fraction of sp³-hybridized carbons (Fsp3) is 0.417. The van der Waals surface area contributed by atoms with Crippen molar-refractivity contribution in [1.29, 1.82) is 0 Å². The minimum Gasteiger partial charge on any atom is -0.486 e. The first kappa shape index (κ1) is 25.9. The molecule has 1 unspecified atom stereocenters. The maximum atomic E-state index is 13.7. The third-order valence-corrected chi connectivity index (χ3v) is 5.07. The molecule has 1 aliphatic rings. The predicted molar refractivity (Wildman–Crippen MR) is 136 cm³/mol. The number of ether oxygens (including phenoxy) is 1. The van der Waals surface area contributed by atoms with Gasteiger partial charge < -0.3 is 20.3 Å². The molecule has 1 amide bonds. The molecule has 1 atom stereocenters. The van der Waals surface area contributed by atoms with E-state index < -0.39 is 0 Å². The van der Waals surface area contributed by atoms with Gasteiger partial charge in [0, 0.05) is 32.6 Å². The lowest BCUT2D eigenvalue weighted by Gasteiger charge is -2.17. The topological polar surface area (TPSA) is 66.0 Å². The molecule has 3 rings (SSSR count). The van der Waals surface area contributed by atoms with E-state index >= 15 is 0 Å². The highest BCUT2D eigenvalue weighted by Gasteiger charge is 2.22. The Balaban J connectivity index is 0.00000363. The van der Waals surface area contributed by atoms with Gasteiger partial charge in [-0.1, -0.05) is 36.4 Å². The van der Waals surface area contributed by atoms with Gasteiger partial charge in [0.05, 0.1) is 6.54 Å². The summed E-state index contributed by atoms with van der Waals surface area (Å²) in [5.41, 5.74) is 2.48. The van der Waals surface area contributed by atoms with Crippen molar-refractivity contribution < 1.29 is 13.9 Å². The molecule has 6 nitrogen and oxygen atoms in total. The molecule has 0 radical (unpaired) electrons. The summed E-state index contributed by atoms with van der Waals surface area (Å²) in [4.78, 5) is 18.9. The third kappa shape index (κ3) is 7.65. The lowest BCUT2D eigenvalue weighted by Crippen LogP contribution is -2.39. The number of hydrogen-bond donors (Lipinski definition) is 2. The van der Waals surface area contributed by atoms with Crippen molar-refractivity contribution in [2.24, 2.45) is 4.99 Å². The van der Waals surface area contributed by atoms with Crippen molar-refractivity contribution in [3.8, 4) is 5.75 Å². The largest absolute Gasteiger partial charge is 0.486 e. The second kappa shape index (κ2) is 13.2. The molecule has 0 bridgehead atoms. The molecule has 8 heteroatoms. The van der Waals surface area contributed by atoms with Crippen LogP contribution in [0.15, 0.2) is 53.5 Å². The first-order chi connectivity index (χ1) is 15.1. The van der Waals surface area contributed by atoms with Gasteiger partial charge in [0.25, 0.3) is 0 Å². The lowest BCUT2D eigenvalue weighted by atomic mass is 10.1. The second-order valence-electron chi connectivity index (χ2n) is 7.63. The zero-order valence-corrected chi connectivity index (χ0v) is 21.0. The maximum absolute atomic E-state index is 13.7. The predicted octanol–water partition coefficient (Wildman–Crippen LogP) is 4.09. The Morgan fingerprint density at radius 1 is 1.12 bits per heavy atom. The summed E-state index contributed by atoms with van der Waals surface area (Å²) in [5, 5.41) is 6.44. The van der Waals surface area contributed by atoms with Crippen LogP contribution in [0.4, 0.5) is 4.39 Å². The number of nitrogens with one attached hydrogen (secondary N) is 2. The van der Waals surface area contributed by atoms with Crippen LogP contribution in [-0.4, -0.2) is 42.5 Å². The van der Waals surface area contributed by atoms with Crippen LogP contribution in [0.3, 0.4) is 0 Å². The van der Waals surface area contributed by atoms with Crippen LogP contribution < -0.4 is 15.4 Å². The molecular weight excluding hydrogens is 522 g/mol. The Morgan fingerprint density at radius 3 is 2.44 bits per heavy atom. The van der Waals surface area contributed by atoms with E-state index in [0.717, 1.165) is 13.0 Å². The highest BCUT2D eigenvalue weighted by atomic mass is 127. The van der Waals surface area contributed by atoms with Crippen LogP contribution in [0.25, 0.3) is 0 Å². The fourth-order valence-electron chi connectivity index (χ4n) is 3.47. The van der Waals surface area contributed by atoms with Gasteiger partial charge in [-0.3, -0.25) is 4.79 Å². The first-order valence-electron chi connectivity index (χ1n) is 10.8. The van der Waals surface area contributed by atoms with Gasteiger partial charge >= 0.3 is 0 Å². The maximum Gasteiger partial charge on any atom is 0.223 e. The van der Waals surface area contributed by atoms with Crippen molar-refractivity contribution in [3.05, 3.63) is 65.5 Å². The Morgan fingerprint density at radius 2 is 1.78 bits per heavy atom. The van der Waals surface area contributed by atoms with Crippen LogP contribution in [0.1, 0.15) is 37.8 Å². The van der Waals surface area contributed by atoms with Crippen molar-refractivity contribution in [3.63, 3.8) is 0 Å². The zero-order valence-electron chi connectivity index (χ0n) is 18.6. The number of guanidine groups is 1. The minimum absolute atomic E-state index is 0. The number of fused-ring (bicyclic) bond motifs is 1. The number of para-hydroxylation sites is 1. The molecule has 0 fully saturated rings. The summed E-state index contributed by atoms with van der Waals surface area (Å²) in [6.07, 6.45) is 0.940. The molecule has 0 aromatic heterocycles. The number of rotatable bonds is 9. The number of nitrogens with zero attached hydrogens (tertiary/aromatic N) is 2. The Kier molecular flexibility index (Phi) is 10.7. The van der Waals surface area contributed by atoms with E-state index in [1.54, 1.807) is 18.2 Å². The number of halogens is 2. The van der Waals surface area contributed by atoms with E-state index in [0.29, 0.717) is 38.6 Å². The molecule has 2 aromatic carbocycles. The number of benzene rings is 2. The molecule has 2 N–H and O–H groups in total. The molecule has 174 valence electrons. The van der Waals surface area contributed by atoms with Crippen molar-refractivity contribution >= 4 is 35.8 Å². The monoisotopic (exact) mass is 554 g/mol. The van der Waals surface area contributed by atoms with Gasteiger partial charge in [0.2, 0.25) is 5.91 Å². The Bertz CT molecular complexity index is 884. The van der Waals surface area contributed by atoms with Crippen molar-refractivity contribution in [2.45, 2.75) is 45.9 Å². The molecular formula is C24H32FIN4O2. The van der Waals surface area contributed by atoms with Crippen molar-refractivity contribution in [1.82, 2.24) is 15.5 Å². The minimum atomic E-state index is -0.380. The van der Waals surface area contributed by atoms with Crippen LogP contribution in [0.5, 0.6) is 5.75 Å². The number of amides is 1. The molecule has 1 heterocycles. The summed E-state index contributed by atoms with van der Waals surface area (Å²) < 4.78 is 19.3. The number of hydrogen-bond acceptors (Lipinski definition) is 3. The molecule has 1 aliphatic heterocycles. The Hall–Kier alpha value is -2.36. The molecule has 0 saturated carbocycles. The van der Waals surface area contributed by atoms with Crippen LogP contribution >= 0.6 is 24.0 Å². The average Bonchev–Trinajstić information content (AvgIpc) is 3.21. The SMILES string of the molecule is CCNC(=NCC(C)Oc1ccccc1F)NCCCC(=O)N1Cc2ccccc2C1.I. The Labute approximate surface area is 206 Å². The van der Waals surface area contributed by atoms with Gasteiger partial charge in [-0.2, -0.15) is 0 Å². The van der Waals surface area contributed by atoms with E-state index in [1.807, 2.05) is 30.9 Å². The summed E-state index contributed by atoms with van der Waals surface area (Å²) in [7, 11) is 0. The number of carbonyl (C=O) groups is 1. The summed E-state index contributed by atoms with van der Waals surface area (Å²) in [5.74, 6) is 0.680. The summed E-state index contributed by atoms with van der Waals surface area (Å²) in [6, 6.07) is 14.5. The normalized spacial score (nSPS) is 13.7. The van der Waals surface area contributed by atoms with Crippen LogP contribution in [-0.2, 0) is 17.9 Å². The zero-order chi connectivity index (χ0) is 22.1. The van der Waals surface area contributed by atoms with E-state index in [1.165, 1.54) is 17.2 Å². The number of aliphatic imine (C=N–C) groups is 1. The van der Waals surface area contributed by atoms with E-state index in [2.05, 4.69) is 27.8 Å². The van der Waals surface area contributed by atoms with Gasteiger partial charge in [-0.25, -0.2) is 9.38 Å². The highest BCUT2D eigenvalue weighted by molar-refractivity contribution is 14.0. The smallest absolute Gasteiger partial charge is 0.223 e. The fourth-order valence-corrected chi connectivity index (χ4v) is 3.47. The lowest BCUT2D eigenvalue weighted by molar-refractivity contribution is -0.131. The molecule has 32 heavy (non-hydrogen) atoms. The molecule has 0 saturated heterocycles. The molecule has 0 aliphatic carbocycles. The first-order valence-corrected chi connectivity index (χ1v) is 10.8. The summed E-state index contributed by atoms with van der Waals surface area (Å²) in [6.45, 7) is 6.99. The molecule has 0 spiro atoms. The summed E-state index contributed by atoms with van der Waals surface area (Å²) >= 11 is 0. The molecule has 2 aromatic rings. The number of carbonyl (C=O) groups excluding carboxylic acids is 1. The standard InChI is InChI=1S/C24H31FN4O2.HI/c1-3-26-24(28-15-18(2)31-22-12-7-6-11-21(22)25)27-14-8-13-23(30)29-16-19-9-4-5-10-20(19)17-29;/h4-7,9-12,18H,3,8,13-17H2,1-2H3,(H2,26,27,28);1H. The van der Waals surface area contributed by atoms with Gasteiger partial charge in [-0.05, 0) is 43.5 Å². The van der Waals surface area contributed by atoms with Crippen LogP contribution in [0.2, 0.25) is 0 Å². The van der Waals surface area contributed by atoms with Gasteiger partial charge in [0.1, 0.15) is 6.10 Å². The quantitative estimate of drug-likeness (QED) is 0.212. The third-order valence-electron chi connectivity index (χ3n) is 5.07. The van der Waals surface area contributed by atoms with E-state index in [4.69, 9.17) is 4.74 Å². The highest BCUT2D eigenvalue weighted by Crippen LogP contribution is 2.22.